The molecule has 0 atom stereocenters. The Hall–Kier alpha value is -2.14. The Morgan fingerprint density at radius 2 is 1.64 bits per heavy atom. The number of rotatable bonds is 4. The second-order valence-electron chi connectivity index (χ2n) is 4.73. The summed E-state index contributed by atoms with van der Waals surface area (Å²) in [4.78, 5) is 5.97. The van der Waals surface area contributed by atoms with E-state index < -0.39 is 0 Å². The second kappa shape index (κ2) is 6.32. The van der Waals surface area contributed by atoms with Gasteiger partial charge in [-0.2, -0.15) is 0 Å². The highest BCUT2D eigenvalue weighted by molar-refractivity contribution is 8.00. The van der Waals surface area contributed by atoms with E-state index in [-0.39, 0.29) is 0 Å². The number of methoxy groups -OCH3 is 3. The summed E-state index contributed by atoms with van der Waals surface area (Å²) in [5.41, 5.74) is 2.99. The molecule has 1 aliphatic rings. The lowest BCUT2D eigenvalue weighted by Gasteiger charge is -2.18. The molecule has 114 valence electrons. The van der Waals surface area contributed by atoms with Gasteiger partial charge in [0.1, 0.15) is 0 Å². The molecule has 0 aliphatic carbocycles. The predicted octanol–water partition coefficient (Wildman–Crippen LogP) is 3.94. The third-order valence-corrected chi connectivity index (χ3v) is 4.56. The summed E-state index contributed by atoms with van der Waals surface area (Å²) in [5, 5.41) is 0. The van der Waals surface area contributed by atoms with Crippen LogP contribution < -0.4 is 14.2 Å². The van der Waals surface area contributed by atoms with Crippen molar-refractivity contribution >= 4 is 23.2 Å². The average molecular weight is 315 g/mol. The molecule has 22 heavy (non-hydrogen) atoms. The van der Waals surface area contributed by atoms with Gasteiger partial charge in [-0.3, -0.25) is 4.99 Å². The fourth-order valence-corrected chi connectivity index (χ4v) is 3.35. The third kappa shape index (κ3) is 2.64. The Labute approximate surface area is 134 Å². The molecule has 5 heteroatoms. The molecular formula is C17H17NO3S. The summed E-state index contributed by atoms with van der Waals surface area (Å²) in [7, 11) is 4.84. The van der Waals surface area contributed by atoms with Crippen LogP contribution in [0.25, 0.3) is 0 Å². The lowest BCUT2D eigenvalue weighted by molar-refractivity contribution is 0.324. The maximum atomic E-state index is 5.41. The van der Waals surface area contributed by atoms with Crippen molar-refractivity contribution in [1.82, 2.24) is 0 Å². The van der Waals surface area contributed by atoms with Crippen LogP contribution >= 0.6 is 11.8 Å². The van der Waals surface area contributed by atoms with Gasteiger partial charge in [-0.25, -0.2) is 0 Å². The molecule has 0 unspecified atom stereocenters. The first-order valence-electron chi connectivity index (χ1n) is 6.86. The van der Waals surface area contributed by atoms with Gasteiger partial charge in [0, 0.05) is 16.2 Å². The Morgan fingerprint density at radius 3 is 2.27 bits per heavy atom. The van der Waals surface area contributed by atoms with Gasteiger partial charge in [-0.15, -0.1) is 11.8 Å². The van der Waals surface area contributed by atoms with E-state index in [2.05, 4.69) is 6.07 Å². The number of nitrogens with zero attached hydrogens (tertiary/aromatic N) is 1. The van der Waals surface area contributed by atoms with Crippen molar-refractivity contribution in [2.24, 2.45) is 4.99 Å². The van der Waals surface area contributed by atoms with Gasteiger partial charge in [0.05, 0.1) is 32.7 Å². The molecule has 1 aliphatic heterocycles. The van der Waals surface area contributed by atoms with E-state index in [0.717, 1.165) is 22.7 Å². The Balaban J connectivity index is 2.08. The zero-order valence-corrected chi connectivity index (χ0v) is 13.6. The molecule has 0 saturated carbocycles. The SMILES string of the molecule is COc1cc(C2=Nc3ccccc3SC2)cc(OC)c1OC. The van der Waals surface area contributed by atoms with Crippen molar-refractivity contribution in [3.8, 4) is 17.2 Å². The van der Waals surface area contributed by atoms with Crippen LogP contribution in [0.5, 0.6) is 17.2 Å². The maximum absolute atomic E-state index is 5.41. The monoisotopic (exact) mass is 315 g/mol. The van der Waals surface area contributed by atoms with Gasteiger partial charge in [-0.05, 0) is 24.3 Å². The van der Waals surface area contributed by atoms with Crippen molar-refractivity contribution in [2.75, 3.05) is 27.1 Å². The molecular weight excluding hydrogens is 298 g/mol. The fraction of sp³-hybridized carbons (Fsp3) is 0.235. The molecule has 0 N–H and O–H groups in total. The summed E-state index contributed by atoms with van der Waals surface area (Å²) in [6, 6.07) is 12.0. The molecule has 0 fully saturated rings. The minimum Gasteiger partial charge on any atom is -0.493 e. The average Bonchev–Trinajstić information content (AvgIpc) is 2.59. The number of para-hydroxylation sites is 1. The van der Waals surface area contributed by atoms with Crippen LogP contribution in [-0.4, -0.2) is 32.8 Å². The highest BCUT2D eigenvalue weighted by atomic mass is 32.2. The van der Waals surface area contributed by atoms with Gasteiger partial charge >= 0.3 is 0 Å². The van der Waals surface area contributed by atoms with Crippen LogP contribution in [0.3, 0.4) is 0 Å². The van der Waals surface area contributed by atoms with Gasteiger partial charge in [0.2, 0.25) is 5.75 Å². The third-order valence-electron chi connectivity index (χ3n) is 3.48. The largest absolute Gasteiger partial charge is 0.493 e. The molecule has 2 aromatic carbocycles. The molecule has 0 spiro atoms. The van der Waals surface area contributed by atoms with E-state index in [0.29, 0.717) is 17.2 Å². The summed E-state index contributed by atoms with van der Waals surface area (Å²) >= 11 is 1.78. The van der Waals surface area contributed by atoms with Crippen molar-refractivity contribution in [3.05, 3.63) is 42.0 Å². The van der Waals surface area contributed by atoms with Gasteiger partial charge < -0.3 is 14.2 Å². The number of aliphatic imine (C=N–C) groups is 1. The van der Waals surface area contributed by atoms with E-state index in [1.807, 2.05) is 30.3 Å². The fourth-order valence-electron chi connectivity index (χ4n) is 2.39. The Kier molecular flexibility index (Phi) is 4.24. The minimum atomic E-state index is 0.596. The number of hydrogen-bond acceptors (Lipinski definition) is 5. The molecule has 3 rings (SSSR count). The second-order valence-corrected chi connectivity index (χ2v) is 5.75. The summed E-state index contributed by atoms with van der Waals surface area (Å²) in [5.74, 6) is 2.69. The zero-order valence-electron chi connectivity index (χ0n) is 12.8. The van der Waals surface area contributed by atoms with E-state index >= 15 is 0 Å². The predicted molar refractivity (Wildman–Crippen MR) is 89.5 cm³/mol. The molecule has 2 aromatic rings. The summed E-state index contributed by atoms with van der Waals surface area (Å²) in [6.45, 7) is 0. The standard InChI is InChI=1S/C17H17NO3S/c1-19-14-8-11(9-15(20-2)17(14)21-3)13-10-22-16-7-5-4-6-12(16)18-13/h4-9H,10H2,1-3H3. The Morgan fingerprint density at radius 1 is 0.955 bits per heavy atom. The quantitative estimate of drug-likeness (QED) is 0.857. The van der Waals surface area contributed by atoms with Crippen LogP contribution in [0.1, 0.15) is 5.56 Å². The number of benzene rings is 2. The van der Waals surface area contributed by atoms with E-state index in [1.165, 1.54) is 4.90 Å². The van der Waals surface area contributed by atoms with Crippen LogP contribution in [0, 0.1) is 0 Å². The molecule has 1 heterocycles. The molecule has 0 amide bonds. The van der Waals surface area contributed by atoms with Crippen LogP contribution in [0.4, 0.5) is 5.69 Å². The van der Waals surface area contributed by atoms with E-state index in [1.54, 1.807) is 33.1 Å². The minimum absolute atomic E-state index is 0.596. The number of thioether (sulfide) groups is 1. The molecule has 0 saturated heterocycles. The van der Waals surface area contributed by atoms with Crippen molar-refractivity contribution in [2.45, 2.75) is 4.90 Å². The van der Waals surface area contributed by atoms with Crippen molar-refractivity contribution in [3.63, 3.8) is 0 Å². The zero-order chi connectivity index (χ0) is 15.5. The highest BCUT2D eigenvalue weighted by Crippen LogP contribution is 2.40. The summed E-state index contributed by atoms with van der Waals surface area (Å²) < 4.78 is 16.2. The van der Waals surface area contributed by atoms with Crippen LogP contribution in [0.15, 0.2) is 46.3 Å². The maximum Gasteiger partial charge on any atom is 0.203 e. The normalized spacial score (nSPS) is 13.1. The lowest BCUT2D eigenvalue weighted by atomic mass is 10.1. The smallest absolute Gasteiger partial charge is 0.203 e. The number of fused-ring (bicyclic) bond motifs is 1. The molecule has 4 nitrogen and oxygen atoms in total. The first-order valence-corrected chi connectivity index (χ1v) is 7.85. The molecule has 0 radical (unpaired) electrons. The van der Waals surface area contributed by atoms with Crippen molar-refractivity contribution < 1.29 is 14.2 Å². The van der Waals surface area contributed by atoms with Gasteiger partial charge in [0.25, 0.3) is 0 Å². The van der Waals surface area contributed by atoms with E-state index in [4.69, 9.17) is 19.2 Å². The highest BCUT2D eigenvalue weighted by Gasteiger charge is 2.19. The first kappa shape index (κ1) is 14.8. The van der Waals surface area contributed by atoms with Crippen LogP contribution in [-0.2, 0) is 0 Å². The summed E-state index contributed by atoms with van der Waals surface area (Å²) in [6.07, 6.45) is 0. The number of hydrogen-bond donors (Lipinski definition) is 0. The number of ether oxygens (including phenoxy) is 3. The first-order chi connectivity index (χ1) is 10.8. The topological polar surface area (TPSA) is 40.0 Å². The van der Waals surface area contributed by atoms with Gasteiger partial charge in [-0.1, -0.05) is 12.1 Å². The molecule has 0 aromatic heterocycles. The van der Waals surface area contributed by atoms with Crippen molar-refractivity contribution in [1.29, 1.82) is 0 Å². The van der Waals surface area contributed by atoms with Gasteiger partial charge in [0.15, 0.2) is 11.5 Å². The Bertz CT molecular complexity index is 703. The molecule has 0 bridgehead atoms. The van der Waals surface area contributed by atoms with E-state index in [9.17, 15) is 0 Å². The van der Waals surface area contributed by atoms with Crippen LogP contribution in [0.2, 0.25) is 0 Å². The lowest BCUT2D eigenvalue weighted by Crippen LogP contribution is -2.08.